The molecule has 0 fully saturated rings. The van der Waals surface area contributed by atoms with Crippen molar-refractivity contribution in [3.63, 3.8) is 0 Å². The zero-order chi connectivity index (χ0) is 12.4. The lowest BCUT2D eigenvalue weighted by Crippen LogP contribution is -2.16. The van der Waals surface area contributed by atoms with Gasteiger partial charge in [0, 0.05) is 17.4 Å². The van der Waals surface area contributed by atoms with Crippen molar-refractivity contribution in [3.8, 4) is 0 Å². The first kappa shape index (κ1) is 12.0. The quantitative estimate of drug-likeness (QED) is 0.893. The lowest BCUT2D eigenvalue weighted by atomic mass is 10.1. The SMILES string of the molecule is Cc1cnc(C(N)c2cc(F)ccc2Cl)nc1. The highest BCUT2D eigenvalue weighted by Gasteiger charge is 2.15. The third-order valence-corrected chi connectivity index (χ3v) is 2.72. The van der Waals surface area contributed by atoms with Crippen LogP contribution in [0, 0.1) is 12.7 Å². The predicted molar refractivity (Wildman–Crippen MR) is 64.2 cm³/mol. The maximum atomic E-state index is 13.1. The number of nitrogens with zero attached hydrogens (tertiary/aromatic N) is 2. The van der Waals surface area contributed by atoms with Gasteiger partial charge in [0.05, 0.1) is 6.04 Å². The van der Waals surface area contributed by atoms with Crippen molar-refractivity contribution >= 4 is 11.6 Å². The van der Waals surface area contributed by atoms with E-state index in [2.05, 4.69) is 9.97 Å². The summed E-state index contributed by atoms with van der Waals surface area (Å²) in [4.78, 5) is 8.22. The number of aromatic nitrogens is 2. The summed E-state index contributed by atoms with van der Waals surface area (Å²) in [6.07, 6.45) is 3.32. The summed E-state index contributed by atoms with van der Waals surface area (Å²) in [7, 11) is 0. The smallest absolute Gasteiger partial charge is 0.149 e. The Labute approximate surface area is 103 Å². The Kier molecular flexibility index (Phi) is 3.36. The molecule has 0 aliphatic carbocycles. The van der Waals surface area contributed by atoms with Crippen LogP contribution in [0.4, 0.5) is 4.39 Å². The molecule has 1 aromatic heterocycles. The van der Waals surface area contributed by atoms with Gasteiger partial charge in [-0.15, -0.1) is 0 Å². The van der Waals surface area contributed by atoms with Gasteiger partial charge < -0.3 is 5.73 Å². The summed E-state index contributed by atoms with van der Waals surface area (Å²) in [5, 5.41) is 0.406. The van der Waals surface area contributed by atoms with Gasteiger partial charge >= 0.3 is 0 Å². The Morgan fingerprint density at radius 3 is 2.59 bits per heavy atom. The zero-order valence-corrected chi connectivity index (χ0v) is 9.95. The molecular formula is C12H11ClFN3. The van der Waals surface area contributed by atoms with Gasteiger partial charge in [0.2, 0.25) is 0 Å². The number of benzene rings is 1. The molecule has 0 bridgehead atoms. The normalized spacial score (nSPS) is 12.5. The van der Waals surface area contributed by atoms with E-state index < -0.39 is 6.04 Å². The van der Waals surface area contributed by atoms with Crippen LogP contribution < -0.4 is 5.73 Å². The summed E-state index contributed by atoms with van der Waals surface area (Å²) < 4.78 is 13.1. The van der Waals surface area contributed by atoms with Gasteiger partial charge in [-0.2, -0.15) is 0 Å². The molecule has 2 aromatic rings. The second-order valence-electron chi connectivity index (χ2n) is 3.76. The Morgan fingerprint density at radius 2 is 1.94 bits per heavy atom. The van der Waals surface area contributed by atoms with Gasteiger partial charge in [-0.05, 0) is 36.2 Å². The van der Waals surface area contributed by atoms with Gasteiger partial charge in [0.15, 0.2) is 0 Å². The monoisotopic (exact) mass is 251 g/mol. The maximum Gasteiger partial charge on any atom is 0.149 e. The maximum absolute atomic E-state index is 13.1. The largest absolute Gasteiger partial charge is 0.318 e. The Hall–Kier alpha value is -1.52. The minimum Gasteiger partial charge on any atom is -0.318 e. The van der Waals surface area contributed by atoms with Crippen LogP contribution in [-0.2, 0) is 0 Å². The van der Waals surface area contributed by atoms with Crippen molar-refractivity contribution < 1.29 is 4.39 Å². The first-order valence-electron chi connectivity index (χ1n) is 5.07. The molecule has 0 aliphatic heterocycles. The van der Waals surface area contributed by atoms with Crippen molar-refractivity contribution in [1.82, 2.24) is 9.97 Å². The molecule has 1 aromatic carbocycles. The van der Waals surface area contributed by atoms with E-state index in [4.69, 9.17) is 17.3 Å². The first-order chi connectivity index (χ1) is 8.08. The average Bonchev–Trinajstić information content (AvgIpc) is 2.32. The molecular weight excluding hydrogens is 241 g/mol. The van der Waals surface area contributed by atoms with E-state index in [-0.39, 0.29) is 5.82 Å². The van der Waals surface area contributed by atoms with Crippen LogP contribution >= 0.6 is 11.6 Å². The van der Waals surface area contributed by atoms with E-state index in [1.54, 1.807) is 12.4 Å². The van der Waals surface area contributed by atoms with Crippen molar-refractivity contribution in [2.75, 3.05) is 0 Å². The minimum absolute atomic E-state index is 0.382. The van der Waals surface area contributed by atoms with Crippen LogP contribution in [0.2, 0.25) is 5.02 Å². The van der Waals surface area contributed by atoms with Crippen molar-refractivity contribution in [2.24, 2.45) is 5.73 Å². The van der Waals surface area contributed by atoms with Gasteiger partial charge in [-0.25, -0.2) is 14.4 Å². The molecule has 5 heteroatoms. The summed E-state index contributed by atoms with van der Waals surface area (Å²) >= 11 is 5.97. The second kappa shape index (κ2) is 4.77. The van der Waals surface area contributed by atoms with E-state index in [1.807, 2.05) is 6.92 Å². The van der Waals surface area contributed by atoms with Crippen LogP contribution in [0.15, 0.2) is 30.6 Å². The fourth-order valence-electron chi connectivity index (χ4n) is 1.46. The molecule has 1 heterocycles. The highest BCUT2D eigenvalue weighted by Crippen LogP contribution is 2.25. The highest BCUT2D eigenvalue weighted by molar-refractivity contribution is 6.31. The van der Waals surface area contributed by atoms with Gasteiger partial charge in [-0.1, -0.05) is 11.6 Å². The second-order valence-corrected chi connectivity index (χ2v) is 4.17. The van der Waals surface area contributed by atoms with E-state index in [1.165, 1.54) is 18.2 Å². The van der Waals surface area contributed by atoms with E-state index >= 15 is 0 Å². The molecule has 0 saturated carbocycles. The molecule has 0 spiro atoms. The number of hydrogen-bond donors (Lipinski definition) is 1. The zero-order valence-electron chi connectivity index (χ0n) is 9.19. The van der Waals surface area contributed by atoms with Gasteiger partial charge in [-0.3, -0.25) is 0 Å². The van der Waals surface area contributed by atoms with E-state index in [0.717, 1.165) is 5.56 Å². The number of rotatable bonds is 2. The summed E-state index contributed by atoms with van der Waals surface area (Å²) in [5.74, 6) is 0.0371. The summed E-state index contributed by atoms with van der Waals surface area (Å²) in [5.41, 5.74) is 7.38. The number of aryl methyl sites for hydroxylation is 1. The minimum atomic E-state index is -0.626. The Bertz CT molecular complexity index is 528. The number of halogens is 2. The van der Waals surface area contributed by atoms with E-state index in [0.29, 0.717) is 16.4 Å². The predicted octanol–water partition coefficient (Wildman–Crippen LogP) is 2.63. The van der Waals surface area contributed by atoms with Crippen LogP contribution in [0.25, 0.3) is 0 Å². The third-order valence-electron chi connectivity index (χ3n) is 2.37. The number of nitrogens with two attached hydrogens (primary N) is 1. The average molecular weight is 252 g/mol. The molecule has 0 amide bonds. The molecule has 1 atom stereocenters. The molecule has 2 N–H and O–H groups in total. The van der Waals surface area contributed by atoms with Crippen molar-refractivity contribution in [1.29, 1.82) is 0 Å². The van der Waals surface area contributed by atoms with Gasteiger partial charge in [0.25, 0.3) is 0 Å². The fraction of sp³-hybridized carbons (Fsp3) is 0.167. The van der Waals surface area contributed by atoms with Crippen molar-refractivity contribution in [3.05, 3.63) is 58.4 Å². The van der Waals surface area contributed by atoms with Crippen LogP contribution in [0.5, 0.6) is 0 Å². The van der Waals surface area contributed by atoms with E-state index in [9.17, 15) is 4.39 Å². The lowest BCUT2D eigenvalue weighted by Gasteiger charge is -2.12. The molecule has 88 valence electrons. The molecule has 3 nitrogen and oxygen atoms in total. The third kappa shape index (κ3) is 2.60. The van der Waals surface area contributed by atoms with Crippen LogP contribution in [0.3, 0.4) is 0 Å². The van der Waals surface area contributed by atoms with Crippen molar-refractivity contribution in [2.45, 2.75) is 13.0 Å². The Balaban J connectivity index is 2.39. The molecule has 0 aliphatic rings. The highest BCUT2D eigenvalue weighted by atomic mass is 35.5. The Morgan fingerprint density at radius 1 is 1.29 bits per heavy atom. The number of hydrogen-bond acceptors (Lipinski definition) is 3. The molecule has 0 radical (unpaired) electrons. The van der Waals surface area contributed by atoms with Gasteiger partial charge in [0.1, 0.15) is 11.6 Å². The van der Waals surface area contributed by atoms with Crippen LogP contribution in [0.1, 0.15) is 23.0 Å². The standard InChI is InChI=1S/C12H11ClFN3/c1-7-5-16-12(17-6-7)11(15)9-4-8(14)2-3-10(9)13/h2-6,11H,15H2,1H3. The lowest BCUT2D eigenvalue weighted by molar-refractivity contribution is 0.622. The first-order valence-corrected chi connectivity index (χ1v) is 5.45. The molecule has 2 rings (SSSR count). The molecule has 17 heavy (non-hydrogen) atoms. The molecule has 1 unspecified atom stereocenters. The topological polar surface area (TPSA) is 51.8 Å². The fourth-order valence-corrected chi connectivity index (χ4v) is 1.69. The molecule has 0 saturated heterocycles. The summed E-state index contributed by atoms with van der Waals surface area (Å²) in [6, 6.07) is 3.43. The van der Waals surface area contributed by atoms with Crippen LogP contribution in [-0.4, -0.2) is 9.97 Å². The summed E-state index contributed by atoms with van der Waals surface area (Å²) in [6.45, 7) is 1.88.